The molecular weight excluding hydrogens is 428 g/mol. The molecule has 5 heteroatoms. The lowest BCUT2D eigenvalue weighted by Gasteiger charge is -2.20. The van der Waals surface area contributed by atoms with Gasteiger partial charge in [0.15, 0.2) is 0 Å². The molecule has 0 saturated carbocycles. The first-order valence-electron chi connectivity index (χ1n) is 14.4. The van der Waals surface area contributed by atoms with Crippen LogP contribution >= 0.6 is 0 Å². The van der Waals surface area contributed by atoms with Crippen molar-refractivity contribution >= 4 is 11.9 Å². The van der Waals surface area contributed by atoms with Crippen molar-refractivity contribution < 1.29 is 24.2 Å². The molecule has 1 rings (SSSR count). The summed E-state index contributed by atoms with van der Waals surface area (Å²) in [4.78, 5) is 24.0. The lowest BCUT2D eigenvalue weighted by molar-refractivity contribution is -0.154. The van der Waals surface area contributed by atoms with Crippen LogP contribution < -0.4 is 0 Å². The summed E-state index contributed by atoms with van der Waals surface area (Å²) in [5.74, 6) is -0.807. The Kier molecular flexibility index (Phi) is 18.9. The van der Waals surface area contributed by atoms with Gasteiger partial charge in [-0.2, -0.15) is 0 Å². The van der Waals surface area contributed by atoms with E-state index in [4.69, 9.17) is 9.47 Å². The van der Waals surface area contributed by atoms with Gasteiger partial charge in [-0.25, -0.2) is 4.79 Å². The number of unbranched alkanes of at least 4 members (excludes halogenated alkanes) is 17. The summed E-state index contributed by atoms with van der Waals surface area (Å²) in [6.45, 7) is 4.47. The molecule has 5 nitrogen and oxygen atoms in total. The molecule has 1 aliphatic rings. The van der Waals surface area contributed by atoms with E-state index in [1.807, 2.05) is 0 Å². The number of carbonyl (C=O) groups excluding carboxylic acids is 2. The molecule has 0 aliphatic carbocycles. The molecule has 198 valence electrons. The van der Waals surface area contributed by atoms with Crippen molar-refractivity contribution in [2.45, 2.75) is 161 Å². The molecule has 0 radical (unpaired) electrons. The first kappa shape index (κ1) is 30.7. The summed E-state index contributed by atoms with van der Waals surface area (Å²) in [7, 11) is 0. The van der Waals surface area contributed by atoms with Gasteiger partial charge in [0.25, 0.3) is 0 Å². The van der Waals surface area contributed by atoms with E-state index in [2.05, 4.69) is 13.8 Å². The lowest BCUT2D eigenvalue weighted by Crippen LogP contribution is -2.26. The van der Waals surface area contributed by atoms with Crippen molar-refractivity contribution in [3.63, 3.8) is 0 Å². The van der Waals surface area contributed by atoms with Crippen LogP contribution in [0.25, 0.3) is 0 Å². The zero-order valence-electron chi connectivity index (χ0n) is 22.2. The van der Waals surface area contributed by atoms with Crippen LogP contribution in [0.15, 0.2) is 11.6 Å². The smallest absolute Gasteiger partial charge is 0.333 e. The van der Waals surface area contributed by atoms with Gasteiger partial charge in [-0.3, -0.25) is 4.79 Å². The van der Waals surface area contributed by atoms with Crippen LogP contribution in [0.4, 0.5) is 0 Å². The fraction of sp³-hybridized carbons (Fsp3) is 0.862. The second-order valence-corrected chi connectivity index (χ2v) is 9.96. The van der Waals surface area contributed by atoms with Gasteiger partial charge in [0.05, 0.1) is 0 Å². The van der Waals surface area contributed by atoms with Crippen molar-refractivity contribution in [2.24, 2.45) is 0 Å². The predicted octanol–water partition coefficient (Wildman–Crippen LogP) is 7.93. The van der Waals surface area contributed by atoms with Crippen LogP contribution in [0.3, 0.4) is 0 Å². The van der Waals surface area contributed by atoms with Crippen LogP contribution in [0.2, 0.25) is 0 Å². The third-order valence-electron chi connectivity index (χ3n) is 6.75. The highest BCUT2D eigenvalue weighted by atomic mass is 16.6. The summed E-state index contributed by atoms with van der Waals surface area (Å²) >= 11 is 0. The van der Waals surface area contributed by atoms with Crippen molar-refractivity contribution in [1.29, 1.82) is 0 Å². The molecule has 0 aromatic heterocycles. The first-order valence-corrected chi connectivity index (χ1v) is 14.4. The maximum Gasteiger partial charge on any atom is 0.333 e. The van der Waals surface area contributed by atoms with E-state index in [-0.39, 0.29) is 5.97 Å². The molecule has 0 aromatic carbocycles. The van der Waals surface area contributed by atoms with Crippen LogP contribution in [0.5, 0.6) is 0 Å². The molecule has 0 spiro atoms. The van der Waals surface area contributed by atoms with Crippen molar-refractivity contribution in [2.75, 3.05) is 0 Å². The van der Waals surface area contributed by atoms with Crippen LogP contribution in [-0.4, -0.2) is 29.4 Å². The standard InChI is InChI=1S/C29H52O5/c1-3-5-7-9-11-13-15-16-18-20-22-26(25-24-28(31)34-29(25)32)33-27(30)23-21-19-17-14-12-10-8-6-4-2/h24,26,29,32H,3-23H2,1-2H3. The minimum Gasteiger partial charge on any atom is -0.458 e. The third-order valence-corrected chi connectivity index (χ3v) is 6.75. The Balaban J connectivity index is 2.24. The number of carbonyl (C=O) groups is 2. The van der Waals surface area contributed by atoms with Gasteiger partial charge in [-0.15, -0.1) is 0 Å². The Morgan fingerprint density at radius 2 is 1.24 bits per heavy atom. The Morgan fingerprint density at radius 3 is 1.68 bits per heavy atom. The highest BCUT2D eigenvalue weighted by molar-refractivity contribution is 5.86. The number of hydrogen-bond donors (Lipinski definition) is 1. The number of aliphatic hydroxyl groups is 1. The number of esters is 2. The molecular formula is C29H52O5. The van der Waals surface area contributed by atoms with E-state index in [9.17, 15) is 14.7 Å². The van der Waals surface area contributed by atoms with E-state index < -0.39 is 18.4 Å². The van der Waals surface area contributed by atoms with Crippen molar-refractivity contribution in [3.8, 4) is 0 Å². The number of hydrogen-bond acceptors (Lipinski definition) is 5. The molecule has 0 amide bonds. The fourth-order valence-corrected chi connectivity index (χ4v) is 4.58. The molecule has 0 aromatic rings. The van der Waals surface area contributed by atoms with E-state index in [0.29, 0.717) is 18.4 Å². The average Bonchev–Trinajstić information content (AvgIpc) is 3.16. The van der Waals surface area contributed by atoms with Gasteiger partial charge in [0.2, 0.25) is 6.29 Å². The lowest BCUT2D eigenvalue weighted by atomic mass is 10.0. The highest BCUT2D eigenvalue weighted by Gasteiger charge is 2.32. The topological polar surface area (TPSA) is 72.8 Å². The Bertz CT molecular complexity index is 557. The van der Waals surface area contributed by atoms with Gasteiger partial charge in [-0.05, 0) is 19.3 Å². The summed E-state index contributed by atoms with van der Waals surface area (Å²) in [6, 6.07) is 0. The summed E-state index contributed by atoms with van der Waals surface area (Å²) < 4.78 is 10.5. The van der Waals surface area contributed by atoms with Gasteiger partial charge < -0.3 is 14.6 Å². The van der Waals surface area contributed by atoms with Crippen LogP contribution in [-0.2, 0) is 19.1 Å². The Morgan fingerprint density at radius 1 is 0.794 bits per heavy atom. The minimum absolute atomic E-state index is 0.243. The second kappa shape index (κ2) is 21.0. The highest BCUT2D eigenvalue weighted by Crippen LogP contribution is 2.25. The maximum absolute atomic E-state index is 12.4. The van der Waals surface area contributed by atoms with Gasteiger partial charge >= 0.3 is 11.9 Å². The molecule has 34 heavy (non-hydrogen) atoms. The fourth-order valence-electron chi connectivity index (χ4n) is 4.58. The number of rotatable bonds is 23. The zero-order valence-corrected chi connectivity index (χ0v) is 22.2. The summed E-state index contributed by atoms with van der Waals surface area (Å²) in [5, 5.41) is 10.1. The predicted molar refractivity (Wildman–Crippen MR) is 138 cm³/mol. The molecule has 2 unspecified atom stereocenters. The Labute approximate surface area is 209 Å². The van der Waals surface area contributed by atoms with Gasteiger partial charge in [0.1, 0.15) is 6.10 Å². The molecule has 1 aliphatic heterocycles. The number of cyclic esters (lactones) is 1. The molecule has 1 N–H and O–H groups in total. The van der Waals surface area contributed by atoms with Crippen LogP contribution in [0, 0.1) is 0 Å². The molecule has 2 atom stereocenters. The first-order chi connectivity index (χ1) is 16.6. The largest absolute Gasteiger partial charge is 0.458 e. The Hall–Kier alpha value is -1.36. The molecule has 0 saturated heterocycles. The van der Waals surface area contributed by atoms with E-state index >= 15 is 0 Å². The van der Waals surface area contributed by atoms with E-state index in [0.717, 1.165) is 32.1 Å². The average molecular weight is 481 g/mol. The molecule has 1 heterocycles. The summed E-state index contributed by atoms with van der Waals surface area (Å²) in [6.07, 6.45) is 23.5. The van der Waals surface area contributed by atoms with Crippen molar-refractivity contribution in [1.82, 2.24) is 0 Å². The maximum atomic E-state index is 12.4. The van der Waals surface area contributed by atoms with Gasteiger partial charge in [-0.1, -0.05) is 123 Å². The van der Waals surface area contributed by atoms with Crippen LogP contribution in [0.1, 0.15) is 149 Å². The van der Waals surface area contributed by atoms with Gasteiger partial charge in [0, 0.05) is 18.1 Å². The zero-order chi connectivity index (χ0) is 24.9. The number of aliphatic hydroxyl groups excluding tert-OH is 1. The van der Waals surface area contributed by atoms with E-state index in [1.165, 1.54) is 96.0 Å². The monoisotopic (exact) mass is 480 g/mol. The third kappa shape index (κ3) is 15.5. The van der Waals surface area contributed by atoms with E-state index in [1.54, 1.807) is 0 Å². The number of ether oxygens (including phenoxy) is 2. The van der Waals surface area contributed by atoms with Crippen molar-refractivity contribution in [3.05, 3.63) is 11.6 Å². The molecule has 0 fully saturated rings. The normalized spacial score (nSPS) is 16.4. The molecule has 0 bridgehead atoms. The quantitative estimate of drug-likeness (QED) is 0.119. The SMILES string of the molecule is CCCCCCCCCCCCC(OC(=O)CCCCCCCCCCC)C1=CC(=O)OC1O. The summed E-state index contributed by atoms with van der Waals surface area (Å²) in [5.41, 5.74) is 0.390. The second-order valence-electron chi connectivity index (χ2n) is 9.96. The minimum atomic E-state index is -1.29.